The molecule has 0 aliphatic carbocycles. The molecule has 0 radical (unpaired) electrons. The molecule has 1 heterocycles. The highest BCUT2D eigenvalue weighted by Crippen LogP contribution is 2.26. The molecule has 0 amide bonds. The predicted molar refractivity (Wildman–Crippen MR) is 58.5 cm³/mol. The van der Waals surface area contributed by atoms with Gasteiger partial charge >= 0.3 is 0 Å². The van der Waals surface area contributed by atoms with E-state index in [1.165, 1.54) is 0 Å². The minimum absolute atomic E-state index is 0.0107. The molecular formula is C10H11F2NO3S. The van der Waals surface area contributed by atoms with Crippen LogP contribution >= 0.6 is 0 Å². The van der Waals surface area contributed by atoms with Gasteiger partial charge in [-0.1, -0.05) is 0 Å². The molecule has 1 aliphatic rings. The zero-order valence-corrected chi connectivity index (χ0v) is 9.64. The van der Waals surface area contributed by atoms with Crippen LogP contribution in [0, 0.1) is 11.6 Å². The average Bonchev–Trinajstić information content (AvgIpc) is 2.54. The Morgan fingerprint density at radius 2 is 2.00 bits per heavy atom. The summed E-state index contributed by atoms with van der Waals surface area (Å²) in [6.45, 7) is 0. The van der Waals surface area contributed by atoms with E-state index < -0.39 is 27.6 Å². The van der Waals surface area contributed by atoms with Crippen LogP contribution in [-0.4, -0.2) is 26.0 Å². The van der Waals surface area contributed by atoms with Gasteiger partial charge in [-0.3, -0.25) is 0 Å². The van der Waals surface area contributed by atoms with Crippen LogP contribution < -0.4 is 10.5 Å². The molecule has 0 bridgehead atoms. The van der Waals surface area contributed by atoms with Crippen molar-refractivity contribution in [2.75, 3.05) is 17.2 Å². The van der Waals surface area contributed by atoms with Gasteiger partial charge in [0, 0.05) is 12.1 Å². The van der Waals surface area contributed by atoms with Crippen LogP contribution in [0.15, 0.2) is 12.1 Å². The van der Waals surface area contributed by atoms with Crippen molar-refractivity contribution in [2.24, 2.45) is 0 Å². The van der Waals surface area contributed by atoms with Gasteiger partial charge in [-0.15, -0.1) is 0 Å². The zero-order valence-electron chi connectivity index (χ0n) is 8.82. The molecule has 1 saturated heterocycles. The Morgan fingerprint density at radius 3 is 2.59 bits per heavy atom. The minimum atomic E-state index is -3.11. The lowest BCUT2D eigenvalue weighted by molar-refractivity contribution is 0.217. The maximum absolute atomic E-state index is 13.4. The number of nitrogens with two attached hydrogens (primary N) is 1. The third-order valence-corrected chi connectivity index (χ3v) is 4.27. The second-order valence-corrected chi connectivity index (χ2v) is 6.18. The van der Waals surface area contributed by atoms with E-state index in [2.05, 4.69) is 0 Å². The predicted octanol–water partition coefficient (Wildman–Crippen LogP) is 1.11. The number of sulfone groups is 1. The topological polar surface area (TPSA) is 69.4 Å². The maximum atomic E-state index is 13.4. The van der Waals surface area contributed by atoms with Crippen molar-refractivity contribution in [3.63, 3.8) is 0 Å². The Kier molecular flexibility index (Phi) is 2.94. The third kappa shape index (κ3) is 2.66. The molecule has 2 rings (SSSR count). The van der Waals surface area contributed by atoms with Gasteiger partial charge in [-0.05, 0) is 6.42 Å². The first-order valence-electron chi connectivity index (χ1n) is 4.99. The van der Waals surface area contributed by atoms with Crippen LogP contribution in [0.4, 0.5) is 14.5 Å². The summed E-state index contributed by atoms with van der Waals surface area (Å²) in [5, 5.41) is 0. The SMILES string of the molecule is Nc1cc(F)c(OC2CCS(=O)(=O)C2)cc1F. The number of halogens is 2. The van der Waals surface area contributed by atoms with E-state index in [1.54, 1.807) is 0 Å². The van der Waals surface area contributed by atoms with Crippen LogP contribution in [0.5, 0.6) is 5.75 Å². The van der Waals surface area contributed by atoms with Gasteiger partial charge in [-0.25, -0.2) is 17.2 Å². The van der Waals surface area contributed by atoms with Crippen LogP contribution in [0.1, 0.15) is 6.42 Å². The molecule has 1 unspecified atom stereocenters. The number of hydrogen-bond donors (Lipinski definition) is 1. The van der Waals surface area contributed by atoms with Crippen molar-refractivity contribution in [1.29, 1.82) is 0 Å². The van der Waals surface area contributed by atoms with E-state index in [0.717, 1.165) is 12.1 Å². The van der Waals surface area contributed by atoms with Crippen LogP contribution in [0.3, 0.4) is 0 Å². The van der Waals surface area contributed by atoms with Crippen molar-refractivity contribution in [3.8, 4) is 5.75 Å². The second-order valence-electron chi connectivity index (χ2n) is 3.95. The first-order valence-corrected chi connectivity index (χ1v) is 6.81. The third-order valence-electron chi connectivity index (χ3n) is 2.54. The van der Waals surface area contributed by atoms with Gasteiger partial charge in [-0.2, -0.15) is 0 Å². The van der Waals surface area contributed by atoms with Gasteiger partial charge in [0.1, 0.15) is 11.9 Å². The van der Waals surface area contributed by atoms with Crippen LogP contribution in [-0.2, 0) is 9.84 Å². The van der Waals surface area contributed by atoms with E-state index in [9.17, 15) is 17.2 Å². The molecule has 1 aliphatic heterocycles. The van der Waals surface area contributed by atoms with Crippen molar-refractivity contribution in [2.45, 2.75) is 12.5 Å². The Bertz CT molecular complexity index is 545. The molecule has 1 aromatic rings. The molecule has 1 aromatic carbocycles. The summed E-state index contributed by atoms with van der Waals surface area (Å²) in [7, 11) is -3.11. The summed E-state index contributed by atoms with van der Waals surface area (Å²) in [4.78, 5) is 0. The summed E-state index contributed by atoms with van der Waals surface area (Å²) in [6, 6.07) is 1.64. The normalized spacial score (nSPS) is 22.6. The Hall–Kier alpha value is -1.37. The number of rotatable bonds is 2. The molecule has 0 aromatic heterocycles. The van der Waals surface area contributed by atoms with Gasteiger partial charge in [0.2, 0.25) is 0 Å². The summed E-state index contributed by atoms with van der Waals surface area (Å²) in [5.74, 6) is -2.05. The second kappa shape index (κ2) is 4.14. The molecule has 17 heavy (non-hydrogen) atoms. The van der Waals surface area contributed by atoms with E-state index in [4.69, 9.17) is 10.5 Å². The molecule has 4 nitrogen and oxygen atoms in total. The zero-order chi connectivity index (χ0) is 12.6. The highest BCUT2D eigenvalue weighted by atomic mass is 32.2. The van der Waals surface area contributed by atoms with Crippen LogP contribution in [0.25, 0.3) is 0 Å². The lowest BCUT2D eigenvalue weighted by Crippen LogP contribution is -2.18. The van der Waals surface area contributed by atoms with Crippen LogP contribution in [0.2, 0.25) is 0 Å². The highest BCUT2D eigenvalue weighted by molar-refractivity contribution is 7.91. The largest absolute Gasteiger partial charge is 0.486 e. The molecule has 1 atom stereocenters. The summed E-state index contributed by atoms with van der Waals surface area (Å²) < 4.78 is 53.9. The first-order chi connectivity index (χ1) is 7.87. The average molecular weight is 263 g/mol. The lowest BCUT2D eigenvalue weighted by atomic mass is 10.2. The standard InChI is InChI=1S/C10H11F2NO3S/c11-7-4-10(8(12)3-9(7)13)16-6-1-2-17(14,15)5-6/h3-4,6H,1-2,5,13H2. The number of ether oxygens (including phenoxy) is 1. The van der Waals surface area contributed by atoms with E-state index in [1.807, 2.05) is 0 Å². The molecule has 0 spiro atoms. The first kappa shape index (κ1) is 12.1. The van der Waals surface area contributed by atoms with Gasteiger partial charge in [0.05, 0.1) is 17.2 Å². The molecule has 2 N–H and O–H groups in total. The van der Waals surface area contributed by atoms with E-state index in [-0.39, 0.29) is 29.4 Å². The summed E-state index contributed by atoms with van der Waals surface area (Å²) in [6.07, 6.45) is -0.342. The maximum Gasteiger partial charge on any atom is 0.167 e. The lowest BCUT2D eigenvalue weighted by Gasteiger charge is -2.13. The Morgan fingerprint density at radius 1 is 1.29 bits per heavy atom. The molecular weight excluding hydrogens is 252 g/mol. The van der Waals surface area contributed by atoms with Crippen molar-refractivity contribution >= 4 is 15.5 Å². The van der Waals surface area contributed by atoms with Crippen molar-refractivity contribution < 1.29 is 21.9 Å². The molecule has 7 heteroatoms. The summed E-state index contributed by atoms with van der Waals surface area (Å²) >= 11 is 0. The number of anilines is 1. The number of benzene rings is 1. The number of hydrogen-bond acceptors (Lipinski definition) is 4. The fourth-order valence-corrected chi connectivity index (χ4v) is 3.26. The van der Waals surface area contributed by atoms with Gasteiger partial charge in [0.15, 0.2) is 21.4 Å². The van der Waals surface area contributed by atoms with Crippen molar-refractivity contribution in [1.82, 2.24) is 0 Å². The van der Waals surface area contributed by atoms with Gasteiger partial charge < -0.3 is 10.5 Å². The van der Waals surface area contributed by atoms with E-state index in [0.29, 0.717) is 0 Å². The highest BCUT2D eigenvalue weighted by Gasteiger charge is 2.30. The molecule has 1 fully saturated rings. The minimum Gasteiger partial charge on any atom is -0.486 e. The monoisotopic (exact) mass is 263 g/mol. The summed E-state index contributed by atoms with van der Waals surface area (Å²) in [5.41, 5.74) is 4.86. The Labute approximate surface area is 97.3 Å². The van der Waals surface area contributed by atoms with Gasteiger partial charge in [0.25, 0.3) is 0 Å². The quantitative estimate of drug-likeness (QED) is 0.812. The fraction of sp³-hybridized carbons (Fsp3) is 0.400. The van der Waals surface area contributed by atoms with Crippen molar-refractivity contribution in [3.05, 3.63) is 23.8 Å². The van der Waals surface area contributed by atoms with E-state index >= 15 is 0 Å². The molecule has 94 valence electrons. The number of nitrogen functional groups attached to an aromatic ring is 1. The smallest absolute Gasteiger partial charge is 0.167 e. The fourth-order valence-electron chi connectivity index (χ4n) is 1.67. The molecule has 0 saturated carbocycles. The Balaban J connectivity index is 2.17.